The van der Waals surface area contributed by atoms with E-state index in [9.17, 15) is 15.0 Å². The molecule has 4 atom stereocenters. The normalized spacial score (nSPS) is 22.1. The van der Waals surface area contributed by atoms with Gasteiger partial charge in [-0.2, -0.15) is 0 Å². The molecule has 0 radical (unpaired) electrons. The van der Waals surface area contributed by atoms with Crippen molar-refractivity contribution in [2.24, 2.45) is 0 Å². The highest BCUT2D eigenvalue weighted by atomic mass is 16.5. The summed E-state index contributed by atoms with van der Waals surface area (Å²) in [5.41, 5.74) is -3.36. The first kappa shape index (κ1) is 16.3. The van der Waals surface area contributed by atoms with Crippen LogP contribution in [0.1, 0.15) is 27.7 Å². The van der Waals surface area contributed by atoms with E-state index < -0.39 is 30.0 Å². The average molecular weight is 249 g/mol. The number of nitrogens with one attached hydrogen (secondary N) is 1. The smallest absolute Gasteiger partial charge is 0.217 e. The van der Waals surface area contributed by atoms with Gasteiger partial charge in [-0.15, -0.1) is 0 Å². The number of hydrogen-bond acceptors (Lipinski definition) is 5. The van der Waals surface area contributed by atoms with Crippen LogP contribution < -0.4 is 5.32 Å². The Morgan fingerprint density at radius 3 is 2.12 bits per heavy atom. The Kier molecular flexibility index (Phi) is 5.54. The van der Waals surface area contributed by atoms with E-state index >= 15 is 0 Å². The van der Waals surface area contributed by atoms with Crippen molar-refractivity contribution in [2.45, 2.75) is 51.0 Å². The van der Waals surface area contributed by atoms with Gasteiger partial charge in [0, 0.05) is 14.0 Å². The van der Waals surface area contributed by atoms with Crippen molar-refractivity contribution in [1.82, 2.24) is 5.32 Å². The van der Waals surface area contributed by atoms with E-state index in [4.69, 9.17) is 9.84 Å². The zero-order valence-corrected chi connectivity index (χ0v) is 11.0. The van der Waals surface area contributed by atoms with Crippen LogP contribution in [0, 0.1) is 0 Å². The Balaban J connectivity index is 5.05. The Hall–Kier alpha value is -0.690. The third-order valence-corrected chi connectivity index (χ3v) is 3.36. The van der Waals surface area contributed by atoms with Crippen LogP contribution in [0.2, 0.25) is 0 Å². The number of aliphatic hydroxyl groups excluding tert-OH is 1. The molecule has 0 spiro atoms. The molecular weight excluding hydrogens is 226 g/mol. The highest BCUT2D eigenvalue weighted by Gasteiger charge is 2.51. The molecule has 0 fully saturated rings. The van der Waals surface area contributed by atoms with E-state index in [1.807, 2.05) is 0 Å². The molecule has 0 aliphatic carbocycles. The van der Waals surface area contributed by atoms with Crippen LogP contribution in [-0.2, 0) is 9.53 Å². The molecule has 0 aromatic carbocycles. The number of rotatable bonds is 6. The van der Waals surface area contributed by atoms with Gasteiger partial charge >= 0.3 is 0 Å². The molecule has 0 bridgehead atoms. The van der Waals surface area contributed by atoms with E-state index in [0.29, 0.717) is 0 Å². The Bertz CT molecular complexity index is 261. The predicted octanol–water partition coefficient (Wildman–Crippen LogP) is -0.980. The second-order valence-electron chi connectivity index (χ2n) is 4.62. The maximum absolute atomic E-state index is 11.0. The fourth-order valence-corrected chi connectivity index (χ4v) is 1.69. The second kappa shape index (κ2) is 5.77. The fourth-order valence-electron chi connectivity index (χ4n) is 1.69. The summed E-state index contributed by atoms with van der Waals surface area (Å²) in [4.78, 5) is 11.0. The van der Waals surface area contributed by atoms with E-state index in [1.165, 1.54) is 27.9 Å². The van der Waals surface area contributed by atoms with Crippen molar-refractivity contribution in [2.75, 3.05) is 13.7 Å². The van der Waals surface area contributed by atoms with Gasteiger partial charge in [-0.3, -0.25) is 4.79 Å². The van der Waals surface area contributed by atoms with Crippen LogP contribution in [0.3, 0.4) is 0 Å². The minimum Gasteiger partial charge on any atom is -0.394 e. The van der Waals surface area contributed by atoms with Crippen molar-refractivity contribution in [3.8, 4) is 0 Å². The van der Waals surface area contributed by atoms with E-state index in [1.54, 1.807) is 6.92 Å². The number of amides is 1. The first-order valence-electron chi connectivity index (χ1n) is 5.46. The summed E-state index contributed by atoms with van der Waals surface area (Å²) >= 11 is 0. The SMILES string of the molecule is COC(CO)C(C)(O)C(C)(O)C(C)NC(C)=O. The van der Waals surface area contributed by atoms with Crippen molar-refractivity contribution in [3.05, 3.63) is 0 Å². The van der Waals surface area contributed by atoms with Crippen molar-refractivity contribution >= 4 is 5.91 Å². The molecule has 0 aliphatic heterocycles. The monoisotopic (exact) mass is 249 g/mol. The molecule has 4 N–H and O–H groups in total. The van der Waals surface area contributed by atoms with Crippen LogP contribution in [0.4, 0.5) is 0 Å². The van der Waals surface area contributed by atoms with Gasteiger partial charge in [-0.05, 0) is 20.8 Å². The predicted molar refractivity (Wildman–Crippen MR) is 62.4 cm³/mol. The lowest BCUT2D eigenvalue weighted by atomic mass is 9.77. The molecule has 4 unspecified atom stereocenters. The van der Waals surface area contributed by atoms with Crippen LogP contribution in [0.25, 0.3) is 0 Å². The van der Waals surface area contributed by atoms with Crippen molar-refractivity contribution in [3.63, 3.8) is 0 Å². The van der Waals surface area contributed by atoms with Gasteiger partial charge < -0.3 is 25.4 Å². The number of carbonyl (C=O) groups excluding carboxylic acids is 1. The van der Waals surface area contributed by atoms with Gasteiger partial charge in [-0.1, -0.05) is 0 Å². The first-order chi connectivity index (χ1) is 7.61. The van der Waals surface area contributed by atoms with Gasteiger partial charge in [0.25, 0.3) is 0 Å². The minimum atomic E-state index is -1.71. The average Bonchev–Trinajstić information content (AvgIpc) is 2.17. The van der Waals surface area contributed by atoms with Crippen molar-refractivity contribution in [1.29, 1.82) is 0 Å². The molecule has 102 valence electrons. The maximum Gasteiger partial charge on any atom is 0.217 e. The van der Waals surface area contributed by atoms with Crippen molar-refractivity contribution < 1.29 is 24.9 Å². The molecule has 1 amide bonds. The number of carbonyl (C=O) groups is 1. The minimum absolute atomic E-state index is 0.313. The zero-order chi connectivity index (χ0) is 13.9. The van der Waals surface area contributed by atoms with Gasteiger partial charge in [0.2, 0.25) is 5.91 Å². The first-order valence-corrected chi connectivity index (χ1v) is 5.46. The summed E-state index contributed by atoms with van der Waals surface area (Å²) in [6.07, 6.45) is -0.950. The zero-order valence-electron chi connectivity index (χ0n) is 11.0. The Morgan fingerprint density at radius 1 is 1.35 bits per heavy atom. The van der Waals surface area contributed by atoms with E-state index in [-0.39, 0.29) is 5.91 Å². The Labute approximate surface area is 102 Å². The summed E-state index contributed by atoms with van der Waals surface area (Å²) in [5.74, 6) is -0.313. The molecular formula is C11H23NO5. The van der Waals surface area contributed by atoms with Crippen LogP contribution in [0.5, 0.6) is 0 Å². The summed E-state index contributed by atoms with van der Waals surface area (Å²) in [6, 6.07) is -0.695. The molecule has 0 aromatic heterocycles. The lowest BCUT2D eigenvalue weighted by molar-refractivity contribution is -0.209. The summed E-state index contributed by atoms with van der Waals surface area (Å²) in [5, 5.41) is 32.2. The van der Waals surface area contributed by atoms with Gasteiger partial charge in [0.15, 0.2) is 0 Å². The van der Waals surface area contributed by atoms with E-state index in [0.717, 1.165) is 0 Å². The summed E-state index contributed by atoms with van der Waals surface area (Å²) < 4.78 is 4.93. The highest BCUT2D eigenvalue weighted by Crippen LogP contribution is 2.30. The third kappa shape index (κ3) is 3.38. The topological polar surface area (TPSA) is 99.0 Å². The standard InChI is InChI=1S/C11H23NO5/c1-7(12-8(2)14)10(3,15)11(4,16)9(6-13)17-5/h7,9,13,15-16H,6H2,1-5H3,(H,12,14). The summed E-state index contributed by atoms with van der Waals surface area (Å²) in [7, 11) is 1.33. The number of aliphatic hydroxyl groups is 3. The van der Waals surface area contributed by atoms with Gasteiger partial charge in [-0.25, -0.2) is 0 Å². The van der Waals surface area contributed by atoms with Gasteiger partial charge in [0.1, 0.15) is 17.3 Å². The maximum atomic E-state index is 11.0. The quantitative estimate of drug-likeness (QED) is 0.485. The number of hydrogen-bond donors (Lipinski definition) is 4. The van der Waals surface area contributed by atoms with Crippen LogP contribution >= 0.6 is 0 Å². The molecule has 6 heteroatoms. The molecule has 0 heterocycles. The fraction of sp³-hybridized carbons (Fsp3) is 0.909. The molecule has 17 heavy (non-hydrogen) atoms. The summed E-state index contributed by atoms with van der Waals surface area (Å²) in [6.45, 7) is 5.19. The molecule has 0 saturated heterocycles. The molecule has 0 aliphatic rings. The number of methoxy groups -OCH3 is 1. The lowest BCUT2D eigenvalue weighted by Crippen LogP contribution is -2.67. The Morgan fingerprint density at radius 2 is 1.82 bits per heavy atom. The molecule has 0 saturated carbocycles. The van der Waals surface area contributed by atoms with Crippen LogP contribution in [-0.4, -0.2) is 58.3 Å². The number of ether oxygens (including phenoxy) is 1. The second-order valence-corrected chi connectivity index (χ2v) is 4.62. The van der Waals surface area contributed by atoms with E-state index in [2.05, 4.69) is 5.32 Å². The van der Waals surface area contributed by atoms with Gasteiger partial charge in [0.05, 0.1) is 12.6 Å². The molecule has 0 rings (SSSR count). The third-order valence-electron chi connectivity index (χ3n) is 3.36. The molecule has 0 aromatic rings. The largest absolute Gasteiger partial charge is 0.394 e. The van der Waals surface area contributed by atoms with Crippen LogP contribution in [0.15, 0.2) is 0 Å². The molecule has 6 nitrogen and oxygen atoms in total. The lowest BCUT2D eigenvalue weighted by Gasteiger charge is -2.45. The highest BCUT2D eigenvalue weighted by molar-refractivity contribution is 5.73.